The molecule has 1 aliphatic heterocycles. The van der Waals surface area contributed by atoms with Gasteiger partial charge in [-0.2, -0.15) is 0 Å². The molecule has 1 aliphatic carbocycles. The van der Waals surface area contributed by atoms with Crippen molar-refractivity contribution in [3.63, 3.8) is 0 Å². The van der Waals surface area contributed by atoms with Crippen molar-refractivity contribution in [2.24, 2.45) is 11.8 Å². The summed E-state index contributed by atoms with van der Waals surface area (Å²) in [4.78, 5) is 2.68. The molecule has 0 aromatic rings. The van der Waals surface area contributed by atoms with Crippen molar-refractivity contribution < 1.29 is 0 Å². The van der Waals surface area contributed by atoms with Crippen molar-refractivity contribution in [2.45, 2.75) is 45.1 Å². The zero-order valence-electron chi connectivity index (χ0n) is 10.3. The van der Waals surface area contributed by atoms with Gasteiger partial charge in [-0.25, -0.2) is 0 Å². The molecule has 2 fully saturated rings. The van der Waals surface area contributed by atoms with E-state index in [1.165, 1.54) is 51.7 Å². The molecule has 0 aromatic carbocycles. The Kier molecular flexibility index (Phi) is 4.04. The molecule has 1 heterocycles. The first-order chi connectivity index (χ1) is 7.29. The summed E-state index contributed by atoms with van der Waals surface area (Å²) in [5, 5.41) is 3.43. The highest BCUT2D eigenvalue weighted by Gasteiger charge is 2.25. The van der Waals surface area contributed by atoms with E-state index < -0.39 is 0 Å². The topological polar surface area (TPSA) is 15.3 Å². The molecule has 2 rings (SSSR count). The lowest BCUT2D eigenvalue weighted by molar-refractivity contribution is 0.134. The Hall–Kier alpha value is -0.0800. The van der Waals surface area contributed by atoms with Gasteiger partial charge in [0, 0.05) is 12.6 Å². The highest BCUT2D eigenvalue weighted by molar-refractivity contribution is 4.82. The quantitative estimate of drug-likeness (QED) is 0.764. The first kappa shape index (κ1) is 11.4. The van der Waals surface area contributed by atoms with Crippen LogP contribution in [-0.2, 0) is 0 Å². The van der Waals surface area contributed by atoms with Crippen LogP contribution in [0, 0.1) is 11.8 Å². The summed E-state index contributed by atoms with van der Waals surface area (Å²) in [5.74, 6) is 1.90. The number of piperidine rings is 1. The molecule has 1 saturated carbocycles. The summed E-state index contributed by atoms with van der Waals surface area (Å²) in [7, 11) is 2.10. The lowest BCUT2D eigenvalue weighted by atomic mass is 9.82. The second-order valence-corrected chi connectivity index (χ2v) is 5.55. The Bertz CT molecular complexity index is 189. The van der Waals surface area contributed by atoms with Crippen molar-refractivity contribution in [2.75, 3.05) is 26.7 Å². The average Bonchev–Trinajstić information content (AvgIpc) is 2.16. The van der Waals surface area contributed by atoms with Crippen molar-refractivity contribution in [3.05, 3.63) is 0 Å². The fraction of sp³-hybridized carbons (Fsp3) is 1.00. The molecule has 0 bridgehead atoms. The van der Waals surface area contributed by atoms with Crippen molar-refractivity contribution in [1.29, 1.82) is 0 Å². The van der Waals surface area contributed by atoms with Crippen molar-refractivity contribution in [3.8, 4) is 0 Å². The van der Waals surface area contributed by atoms with E-state index in [1.54, 1.807) is 0 Å². The molecule has 0 aromatic heterocycles. The van der Waals surface area contributed by atoms with E-state index in [2.05, 4.69) is 24.2 Å². The molecule has 88 valence electrons. The van der Waals surface area contributed by atoms with Crippen LogP contribution >= 0.6 is 0 Å². The van der Waals surface area contributed by atoms with Crippen LogP contribution in [0.4, 0.5) is 0 Å². The van der Waals surface area contributed by atoms with Crippen LogP contribution in [0.3, 0.4) is 0 Å². The van der Waals surface area contributed by atoms with Crippen molar-refractivity contribution in [1.82, 2.24) is 10.2 Å². The first-order valence-corrected chi connectivity index (χ1v) is 6.69. The minimum atomic E-state index is 0.755. The summed E-state index contributed by atoms with van der Waals surface area (Å²) in [6.07, 6.45) is 7.28. The zero-order chi connectivity index (χ0) is 10.7. The highest BCUT2D eigenvalue weighted by atomic mass is 15.1. The Balaban J connectivity index is 1.66. The van der Waals surface area contributed by atoms with Gasteiger partial charge < -0.3 is 10.2 Å². The predicted octanol–water partition coefficient (Wildman–Crippen LogP) is 2.11. The average molecular weight is 210 g/mol. The molecular formula is C13H26N2. The third kappa shape index (κ3) is 2.94. The Labute approximate surface area is 94.4 Å². The molecule has 1 saturated heterocycles. The number of nitrogens with zero attached hydrogens (tertiary/aromatic N) is 1. The Morgan fingerprint density at radius 3 is 2.60 bits per heavy atom. The molecule has 1 N–H and O–H groups in total. The standard InChI is InChI=1S/C13H26N2/c1-11-10-15(9-7-13(11)14-2)8-6-12-4-3-5-12/h11-14H,3-10H2,1-2H3. The van der Waals surface area contributed by atoms with Gasteiger partial charge in [0.25, 0.3) is 0 Å². The van der Waals surface area contributed by atoms with Gasteiger partial charge in [-0.15, -0.1) is 0 Å². The van der Waals surface area contributed by atoms with Crippen LogP contribution in [0.2, 0.25) is 0 Å². The molecule has 2 nitrogen and oxygen atoms in total. The molecule has 2 aliphatic rings. The fourth-order valence-corrected chi connectivity index (χ4v) is 3.01. The maximum Gasteiger partial charge on any atom is 0.0114 e. The summed E-state index contributed by atoms with van der Waals surface area (Å²) < 4.78 is 0. The number of hydrogen-bond acceptors (Lipinski definition) is 2. The van der Waals surface area contributed by atoms with Crippen LogP contribution in [0.5, 0.6) is 0 Å². The summed E-state index contributed by atoms with van der Waals surface area (Å²) in [6.45, 7) is 6.35. The van der Waals surface area contributed by atoms with Crippen LogP contribution < -0.4 is 5.32 Å². The smallest absolute Gasteiger partial charge is 0.0114 e. The third-order valence-corrected chi connectivity index (χ3v) is 4.44. The lowest BCUT2D eigenvalue weighted by Gasteiger charge is -2.38. The Morgan fingerprint density at radius 1 is 1.27 bits per heavy atom. The monoisotopic (exact) mass is 210 g/mol. The summed E-state index contributed by atoms with van der Waals surface area (Å²) in [5.41, 5.74) is 0. The second kappa shape index (κ2) is 5.31. The highest BCUT2D eigenvalue weighted by Crippen LogP contribution is 2.30. The van der Waals surface area contributed by atoms with E-state index in [-0.39, 0.29) is 0 Å². The van der Waals surface area contributed by atoms with E-state index in [4.69, 9.17) is 0 Å². The third-order valence-electron chi connectivity index (χ3n) is 4.44. The van der Waals surface area contributed by atoms with Gasteiger partial charge >= 0.3 is 0 Å². The number of hydrogen-bond donors (Lipinski definition) is 1. The van der Waals surface area contributed by atoms with Gasteiger partial charge in [-0.1, -0.05) is 26.2 Å². The van der Waals surface area contributed by atoms with Crippen molar-refractivity contribution >= 4 is 0 Å². The number of likely N-dealkylation sites (tertiary alicyclic amines) is 1. The van der Waals surface area contributed by atoms with E-state index in [9.17, 15) is 0 Å². The first-order valence-electron chi connectivity index (χ1n) is 6.69. The van der Waals surface area contributed by atoms with Gasteiger partial charge in [0.2, 0.25) is 0 Å². The van der Waals surface area contributed by atoms with Crippen LogP contribution in [0.15, 0.2) is 0 Å². The minimum Gasteiger partial charge on any atom is -0.317 e. The van der Waals surface area contributed by atoms with Gasteiger partial charge in [-0.3, -0.25) is 0 Å². The van der Waals surface area contributed by atoms with Gasteiger partial charge in [0.1, 0.15) is 0 Å². The normalized spacial score (nSPS) is 34.0. The largest absolute Gasteiger partial charge is 0.317 e. The molecule has 0 radical (unpaired) electrons. The molecular weight excluding hydrogens is 184 g/mol. The molecule has 0 spiro atoms. The van der Waals surface area contributed by atoms with Crippen LogP contribution in [0.25, 0.3) is 0 Å². The van der Waals surface area contributed by atoms with E-state index in [1.807, 2.05) is 0 Å². The van der Waals surface area contributed by atoms with Crippen LogP contribution in [0.1, 0.15) is 39.0 Å². The number of nitrogens with one attached hydrogen (secondary N) is 1. The molecule has 0 amide bonds. The number of rotatable bonds is 4. The summed E-state index contributed by atoms with van der Waals surface area (Å²) >= 11 is 0. The molecule has 2 heteroatoms. The van der Waals surface area contributed by atoms with E-state index in [0.717, 1.165) is 17.9 Å². The SMILES string of the molecule is CNC1CCN(CCC2CCC2)CC1C. The molecule has 2 unspecified atom stereocenters. The predicted molar refractivity (Wildman–Crippen MR) is 65.0 cm³/mol. The summed E-state index contributed by atoms with van der Waals surface area (Å²) in [6, 6.07) is 0.755. The van der Waals surface area contributed by atoms with Crippen LogP contribution in [-0.4, -0.2) is 37.6 Å². The minimum absolute atomic E-state index is 0.755. The van der Waals surface area contributed by atoms with E-state index >= 15 is 0 Å². The maximum absolute atomic E-state index is 3.43. The molecule has 15 heavy (non-hydrogen) atoms. The second-order valence-electron chi connectivity index (χ2n) is 5.55. The van der Waals surface area contributed by atoms with Gasteiger partial charge in [0.05, 0.1) is 0 Å². The van der Waals surface area contributed by atoms with Gasteiger partial charge in [-0.05, 0) is 44.8 Å². The fourth-order valence-electron chi connectivity index (χ4n) is 3.01. The lowest BCUT2D eigenvalue weighted by Crippen LogP contribution is -2.47. The van der Waals surface area contributed by atoms with E-state index in [0.29, 0.717) is 0 Å². The maximum atomic E-state index is 3.43. The zero-order valence-corrected chi connectivity index (χ0v) is 10.3. The Morgan fingerprint density at radius 2 is 2.07 bits per heavy atom. The van der Waals surface area contributed by atoms with Gasteiger partial charge in [0.15, 0.2) is 0 Å². The molecule has 2 atom stereocenters.